The summed E-state index contributed by atoms with van der Waals surface area (Å²) in [5, 5.41) is 11.0. The summed E-state index contributed by atoms with van der Waals surface area (Å²) in [6.07, 6.45) is 0.528. The maximum absolute atomic E-state index is 9.71. The first-order valence-corrected chi connectivity index (χ1v) is 5.44. The number of rotatable bonds is 3. The molecule has 2 aromatic rings. The van der Waals surface area contributed by atoms with Gasteiger partial charge in [-0.25, -0.2) is 0 Å². The molecule has 1 N–H and O–H groups in total. The molecule has 0 aliphatic carbocycles. The Morgan fingerprint density at radius 3 is 2.94 bits per heavy atom. The third kappa shape index (κ3) is 2.02. The molecule has 0 spiro atoms. The van der Waals surface area contributed by atoms with Gasteiger partial charge in [-0.15, -0.1) is 0 Å². The third-order valence-electron chi connectivity index (χ3n) is 2.33. The van der Waals surface area contributed by atoms with E-state index in [0.717, 1.165) is 10.9 Å². The van der Waals surface area contributed by atoms with E-state index in [1.54, 1.807) is 6.20 Å². The first kappa shape index (κ1) is 11.3. The van der Waals surface area contributed by atoms with Crippen LogP contribution < -0.4 is 0 Å². The molecule has 0 bridgehead atoms. The second kappa shape index (κ2) is 4.78. The van der Waals surface area contributed by atoms with Crippen LogP contribution >= 0.6 is 11.6 Å². The highest BCUT2D eigenvalue weighted by molar-refractivity contribution is 6.36. The van der Waals surface area contributed by atoms with Gasteiger partial charge in [-0.05, 0) is 13.0 Å². The summed E-state index contributed by atoms with van der Waals surface area (Å²) in [7, 11) is 0. The van der Waals surface area contributed by atoms with Crippen molar-refractivity contribution in [1.82, 2.24) is 4.98 Å². The molecule has 2 rings (SSSR count). The van der Waals surface area contributed by atoms with Crippen molar-refractivity contribution in [3.8, 4) is 0 Å². The number of hydrogen-bond donors (Lipinski definition) is 1. The lowest BCUT2D eigenvalue weighted by Gasteiger charge is -2.13. The fourth-order valence-corrected chi connectivity index (χ4v) is 1.84. The Morgan fingerprint density at radius 2 is 2.19 bits per heavy atom. The summed E-state index contributed by atoms with van der Waals surface area (Å²) < 4.78 is 5.09. The van der Waals surface area contributed by atoms with Crippen molar-refractivity contribution in [1.29, 1.82) is 0 Å². The Labute approximate surface area is 98.6 Å². The lowest BCUT2D eigenvalue weighted by atomic mass is 10.1. The van der Waals surface area contributed by atoms with Crippen LogP contribution in [0, 0.1) is 0 Å². The zero-order chi connectivity index (χ0) is 11.5. The monoisotopic (exact) mass is 237 g/mol. The van der Waals surface area contributed by atoms with Crippen LogP contribution in [0.3, 0.4) is 0 Å². The van der Waals surface area contributed by atoms with Crippen molar-refractivity contribution in [2.45, 2.75) is 13.2 Å². The summed E-state index contributed by atoms with van der Waals surface area (Å²) in [6.45, 7) is 2.23. The molecule has 0 saturated heterocycles. The molecule has 0 aliphatic rings. The third-order valence-corrected chi connectivity index (χ3v) is 2.75. The number of nitrogens with zero attached hydrogens (tertiary/aromatic N) is 1. The average Bonchev–Trinajstić information content (AvgIpc) is 2.30. The quantitative estimate of drug-likeness (QED) is 0.835. The van der Waals surface area contributed by atoms with Crippen molar-refractivity contribution < 1.29 is 9.84 Å². The maximum atomic E-state index is 9.71. The van der Waals surface area contributed by atoms with Crippen molar-refractivity contribution in [3.05, 3.63) is 41.0 Å². The molecule has 1 unspecified atom stereocenters. The van der Waals surface area contributed by atoms with Gasteiger partial charge in [-0.3, -0.25) is 4.98 Å². The predicted octanol–water partition coefficient (Wildman–Crippen LogP) is 2.92. The zero-order valence-electron chi connectivity index (χ0n) is 8.85. The number of hydrogen-bond acceptors (Lipinski definition) is 3. The molecule has 3 nitrogen and oxygen atoms in total. The lowest BCUT2D eigenvalue weighted by molar-refractivity contribution is -0.0979. The van der Waals surface area contributed by atoms with Gasteiger partial charge in [-0.1, -0.05) is 29.8 Å². The van der Waals surface area contributed by atoms with Crippen molar-refractivity contribution >= 4 is 22.5 Å². The highest BCUT2D eigenvalue weighted by Gasteiger charge is 2.14. The van der Waals surface area contributed by atoms with Gasteiger partial charge in [0.15, 0.2) is 6.29 Å². The van der Waals surface area contributed by atoms with E-state index in [2.05, 4.69) is 4.98 Å². The number of fused-ring (bicyclic) bond motifs is 1. The van der Waals surface area contributed by atoms with Crippen LogP contribution in [-0.2, 0) is 4.74 Å². The molecule has 84 valence electrons. The van der Waals surface area contributed by atoms with Gasteiger partial charge in [0, 0.05) is 23.8 Å². The number of pyridine rings is 1. The molecule has 0 fully saturated rings. The van der Waals surface area contributed by atoms with Crippen LogP contribution in [0.2, 0.25) is 5.02 Å². The van der Waals surface area contributed by atoms with E-state index in [1.807, 2.05) is 31.2 Å². The minimum Gasteiger partial charge on any atom is -0.364 e. The summed E-state index contributed by atoms with van der Waals surface area (Å²) in [4.78, 5) is 4.22. The fourth-order valence-electron chi connectivity index (χ4n) is 1.54. The van der Waals surface area contributed by atoms with Gasteiger partial charge in [0.25, 0.3) is 0 Å². The molecule has 1 atom stereocenters. The summed E-state index contributed by atoms with van der Waals surface area (Å²) >= 11 is 6.19. The molecule has 0 aliphatic heterocycles. The number of para-hydroxylation sites is 1. The summed E-state index contributed by atoms with van der Waals surface area (Å²) in [6, 6.07) is 7.52. The van der Waals surface area contributed by atoms with Gasteiger partial charge < -0.3 is 9.84 Å². The molecule has 1 aromatic carbocycles. The van der Waals surface area contributed by atoms with E-state index >= 15 is 0 Å². The van der Waals surface area contributed by atoms with E-state index in [9.17, 15) is 5.11 Å². The minimum atomic E-state index is -1.02. The van der Waals surface area contributed by atoms with E-state index in [4.69, 9.17) is 16.3 Å². The SMILES string of the molecule is CCOC(O)c1cnc2ccccc2c1Cl. The Hall–Kier alpha value is -1.16. The minimum absolute atomic E-state index is 0.421. The molecule has 1 heterocycles. The number of aliphatic hydroxyl groups excluding tert-OH is 1. The molecule has 0 radical (unpaired) electrons. The Balaban J connectivity index is 2.52. The number of benzene rings is 1. The van der Waals surface area contributed by atoms with E-state index < -0.39 is 6.29 Å². The van der Waals surface area contributed by atoms with Crippen LogP contribution in [0.4, 0.5) is 0 Å². The van der Waals surface area contributed by atoms with E-state index in [1.165, 1.54) is 0 Å². The van der Waals surface area contributed by atoms with Gasteiger partial charge >= 0.3 is 0 Å². The van der Waals surface area contributed by atoms with Crippen molar-refractivity contribution in [3.63, 3.8) is 0 Å². The second-order valence-corrected chi connectivity index (χ2v) is 3.73. The predicted molar refractivity (Wildman–Crippen MR) is 63.3 cm³/mol. The van der Waals surface area contributed by atoms with Gasteiger partial charge in [0.2, 0.25) is 0 Å². The highest BCUT2D eigenvalue weighted by atomic mass is 35.5. The summed E-state index contributed by atoms with van der Waals surface area (Å²) in [5.41, 5.74) is 1.31. The normalized spacial score (nSPS) is 12.9. The Bertz CT molecular complexity index is 501. The lowest BCUT2D eigenvalue weighted by Crippen LogP contribution is -2.04. The molecule has 16 heavy (non-hydrogen) atoms. The van der Waals surface area contributed by atoms with Crippen molar-refractivity contribution in [2.24, 2.45) is 0 Å². The molecule has 1 aromatic heterocycles. The average molecular weight is 238 g/mol. The van der Waals surface area contributed by atoms with Gasteiger partial charge in [0.1, 0.15) is 0 Å². The van der Waals surface area contributed by atoms with E-state index in [-0.39, 0.29) is 0 Å². The largest absolute Gasteiger partial charge is 0.364 e. The first-order chi connectivity index (χ1) is 7.74. The second-order valence-electron chi connectivity index (χ2n) is 3.35. The number of halogens is 1. The molecule has 0 amide bonds. The van der Waals surface area contributed by atoms with Crippen LogP contribution in [0.15, 0.2) is 30.5 Å². The van der Waals surface area contributed by atoms with Crippen LogP contribution in [0.25, 0.3) is 10.9 Å². The van der Waals surface area contributed by atoms with Crippen LogP contribution in [0.1, 0.15) is 18.8 Å². The summed E-state index contributed by atoms with van der Waals surface area (Å²) in [5.74, 6) is 0. The maximum Gasteiger partial charge on any atom is 0.184 e. The van der Waals surface area contributed by atoms with Gasteiger partial charge in [-0.2, -0.15) is 0 Å². The Morgan fingerprint density at radius 1 is 1.44 bits per heavy atom. The molecular formula is C12H12ClNO2. The molecule has 4 heteroatoms. The van der Waals surface area contributed by atoms with Crippen LogP contribution in [0.5, 0.6) is 0 Å². The Kier molecular flexibility index (Phi) is 3.39. The first-order valence-electron chi connectivity index (χ1n) is 5.07. The van der Waals surface area contributed by atoms with Gasteiger partial charge in [0.05, 0.1) is 10.5 Å². The molecular weight excluding hydrogens is 226 g/mol. The van der Waals surface area contributed by atoms with E-state index in [0.29, 0.717) is 17.2 Å². The fraction of sp³-hybridized carbons (Fsp3) is 0.250. The number of ether oxygens (including phenoxy) is 1. The number of aromatic nitrogens is 1. The molecule has 0 saturated carbocycles. The number of aliphatic hydroxyl groups is 1. The van der Waals surface area contributed by atoms with Crippen LogP contribution in [-0.4, -0.2) is 16.7 Å². The topological polar surface area (TPSA) is 42.4 Å². The highest BCUT2D eigenvalue weighted by Crippen LogP contribution is 2.29. The zero-order valence-corrected chi connectivity index (χ0v) is 9.61. The van der Waals surface area contributed by atoms with Crippen molar-refractivity contribution in [2.75, 3.05) is 6.61 Å². The standard InChI is InChI=1S/C12H12ClNO2/c1-2-16-12(15)9-7-14-10-6-4-3-5-8(10)11(9)13/h3-7,12,15H,2H2,1H3. The smallest absolute Gasteiger partial charge is 0.184 e.